The van der Waals surface area contributed by atoms with Gasteiger partial charge >= 0.3 is 6.61 Å². The summed E-state index contributed by atoms with van der Waals surface area (Å²) >= 11 is 0. The molecular weight excluding hydrogens is 421 g/mol. The fourth-order valence-corrected chi connectivity index (χ4v) is 4.84. The Morgan fingerprint density at radius 3 is 2.81 bits per heavy atom. The van der Waals surface area contributed by atoms with Gasteiger partial charge in [-0.15, -0.1) is 0 Å². The zero-order valence-corrected chi connectivity index (χ0v) is 16.4. The van der Waals surface area contributed by atoms with Crippen molar-refractivity contribution in [3.8, 4) is 16.9 Å². The number of hydrogen-bond donors (Lipinski definition) is 1. The second-order valence-electron chi connectivity index (χ2n) is 7.85. The maximum Gasteiger partial charge on any atom is 0.387 e. The molecule has 1 aliphatic carbocycles. The number of halogens is 3. The number of nitrogens with zero attached hydrogens (tertiary/aromatic N) is 3. The molecule has 1 amide bonds. The van der Waals surface area contributed by atoms with Gasteiger partial charge in [0, 0.05) is 40.6 Å². The summed E-state index contributed by atoms with van der Waals surface area (Å²) in [4.78, 5) is 16.7. The average molecular weight is 436 g/mol. The first-order chi connectivity index (χ1) is 15.5. The summed E-state index contributed by atoms with van der Waals surface area (Å²) in [5.74, 6) is -1.17. The van der Waals surface area contributed by atoms with Crippen LogP contribution in [-0.2, 0) is 0 Å². The van der Waals surface area contributed by atoms with Gasteiger partial charge in [-0.3, -0.25) is 9.78 Å². The number of aromatic nitrogens is 3. The molecule has 2 bridgehead atoms. The number of fused-ring (bicyclic) bond motifs is 9. The Bertz CT molecular complexity index is 1400. The van der Waals surface area contributed by atoms with E-state index in [1.54, 1.807) is 29.0 Å². The van der Waals surface area contributed by atoms with Crippen molar-refractivity contribution >= 4 is 11.4 Å². The molecule has 1 N–H and O–H groups in total. The molecule has 2 atom stereocenters. The second kappa shape index (κ2) is 6.81. The predicted molar refractivity (Wildman–Crippen MR) is 108 cm³/mol. The lowest BCUT2D eigenvalue weighted by molar-refractivity contribution is -0.0505. The van der Waals surface area contributed by atoms with E-state index in [0.29, 0.717) is 28.8 Å². The van der Waals surface area contributed by atoms with Crippen LogP contribution in [0.25, 0.3) is 16.6 Å². The molecule has 4 heterocycles. The van der Waals surface area contributed by atoms with Crippen LogP contribution in [0.1, 0.15) is 45.6 Å². The summed E-state index contributed by atoms with van der Waals surface area (Å²) in [6.45, 7) is -3.01. The molecule has 0 fully saturated rings. The number of pyridine rings is 2. The zero-order chi connectivity index (χ0) is 22.0. The molecule has 1 aliphatic heterocycles. The Labute approximate surface area is 179 Å². The molecule has 2 unspecified atom stereocenters. The molecule has 0 spiro atoms. The molecule has 6 nitrogen and oxygen atoms in total. The van der Waals surface area contributed by atoms with Gasteiger partial charge < -0.3 is 10.1 Å². The highest BCUT2D eigenvalue weighted by Crippen LogP contribution is 2.51. The fraction of sp³-hybridized carbons (Fsp3) is 0.174. The molecular formula is C23H15F3N4O2. The van der Waals surface area contributed by atoms with Crippen LogP contribution < -0.4 is 10.1 Å². The Kier molecular flexibility index (Phi) is 4.01. The molecule has 160 valence electrons. The minimum absolute atomic E-state index is 0.0176. The zero-order valence-electron chi connectivity index (χ0n) is 16.4. The maximum absolute atomic E-state index is 13.7. The average Bonchev–Trinajstić information content (AvgIpc) is 3.25. The molecule has 0 saturated carbocycles. The van der Waals surface area contributed by atoms with Crippen molar-refractivity contribution in [2.24, 2.45) is 0 Å². The number of nitrogens with one attached hydrogen (secondary N) is 1. The summed E-state index contributed by atoms with van der Waals surface area (Å²) in [6, 6.07) is 9.30. The van der Waals surface area contributed by atoms with Crippen LogP contribution in [0.15, 0.2) is 55.0 Å². The van der Waals surface area contributed by atoms with Gasteiger partial charge in [0.1, 0.15) is 11.6 Å². The summed E-state index contributed by atoms with van der Waals surface area (Å²) in [5.41, 5.74) is 4.38. The van der Waals surface area contributed by atoms with Crippen molar-refractivity contribution in [2.75, 3.05) is 0 Å². The number of amides is 1. The Morgan fingerprint density at radius 2 is 2.00 bits per heavy atom. The number of alkyl halides is 2. The van der Waals surface area contributed by atoms with Gasteiger partial charge in [0.2, 0.25) is 0 Å². The van der Waals surface area contributed by atoms with Crippen molar-refractivity contribution in [3.63, 3.8) is 0 Å². The predicted octanol–water partition coefficient (Wildman–Crippen LogP) is 4.46. The fourth-order valence-electron chi connectivity index (χ4n) is 4.84. The van der Waals surface area contributed by atoms with E-state index in [1.165, 1.54) is 18.2 Å². The maximum atomic E-state index is 13.7. The van der Waals surface area contributed by atoms with E-state index >= 15 is 0 Å². The van der Waals surface area contributed by atoms with Crippen LogP contribution in [0, 0.1) is 5.82 Å². The second-order valence-corrected chi connectivity index (χ2v) is 7.85. The van der Waals surface area contributed by atoms with Crippen molar-refractivity contribution < 1.29 is 22.7 Å². The summed E-state index contributed by atoms with van der Waals surface area (Å²) in [5, 5.41) is 7.61. The molecule has 0 saturated heterocycles. The minimum atomic E-state index is -3.01. The van der Waals surface area contributed by atoms with Gasteiger partial charge in [0.05, 0.1) is 23.4 Å². The number of carbonyl (C=O) groups is 1. The third-order valence-electron chi connectivity index (χ3n) is 6.07. The van der Waals surface area contributed by atoms with E-state index in [9.17, 15) is 18.0 Å². The van der Waals surface area contributed by atoms with E-state index in [0.717, 1.165) is 22.8 Å². The molecule has 9 heteroatoms. The number of ether oxygens (including phenoxy) is 1. The number of carbonyl (C=O) groups excluding carboxylic acids is 1. The smallest absolute Gasteiger partial charge is 0.387 e. The van der Waals surface area contributed by atoms with Crippen molar-refractivity contribution in [3.05, 3.63) is 83.2 Å². The lowest BCUT2D eigenvalue weighted by Crippen LogP contribution is -2.27. The lowest BCUT2D eigenvalue weighted by Gasteiger charge is -2.19. The summed E-state index contributed by atoms with van der Waals surface area (Å²) in [7, 11) is 0. The van der Waals surface area contributed by atoms with Crippen LogP contribution in [0.3, 0.4) is 0 Å². The monoisotopic (exact) mass is 436 g/mol. The van der Waals surface area contributed by atoms with E-state index in [2.05, 4.69) is 15.4 Å². The van der Waals surface area contributed by atoms with Crippen LogP contribution in [0.2, 0.25) is 0 Å². The minimum Gasteiger partial charge on any atom is -0.434 e. The topological polar surface area (TPSA) is 68.5 Å². The largest absolute Gasteiger partial charge is 0.434 e. The summed E-state index contributed by atoms with van der Waals surface area (Å²) in [6.07, 6.45) is 4.95. The van der Waals surface area contributed by atoms with E-state index in [4.69, 9.17) is 4.74 Å². The highest BCUT2D eigenvalue weighted by Gasteiger charge is 2.43. The molecule has 2 aliphatic rings. The molecule has 4 aromatic rings. The van der Waals surface area contributed by atoms with Gasteiger partial charge in [-0.2, -0.15) is 13.9 Å². The summed E-state index contributed by atoms with van der Waals surface area (Å²) < 4.78 is 46.4. The number of benzene rings is 1. The van der Waals surface area contributed by atoms with Gasteiger partial charge in [-0.05, 0) is 42.3 Å². The van der Waals surface area contributed by atoms with Crippen LogP contribution in [0.5, 0.6) is 5.75 Å². The standard InChI is InChI=1S/C23H15F3N4O2/c24-13-6-12(9-27-10-13)11-4-5-30-17(7-11)20-15-8-16(21(20)29-30)28-22(31)14-2-1-3-18(19(14)15)32-23(25)26/h1-7,9-10,15-16,23H,8H2,(H,28,31). The molecule has 3 aromatic heterocycles. The molecule has 1 aromatic carbocycles. The third-order valence-corrected chi connectivity index (χ3v) is 6.07. The van der Waals surface area contributed by atoms with Gasteiger partial charge in [-0.25, -0.2) is 8.91 Å². The highest BCUT2D eigenvalue weighted by atomic mass is 19.3. The number of hydrogen-bond acceptors (Lipinski definition) is 4. The first-order valence-electron chi connectivity index (χ1n) is 10.0. The van der Waals surface area contributed by atoms with Crippen molar-refractivity contribution in [2.45, 2.75) is 25.0 Å². The van der Waals surface area contributed by atoms with E-state index in [1.807, 2.05) is 6.07 Å². The van der Waals surface area contributed by atoms with Gasteiger partial charge in [0.15, 0.2) is 0 Å². The van der Waals surface area contributed by atoms with E-state index in [-0.39, 0.29) is 23.6 Å². The Balaban J connectivity index is 1.57. The highest BCUT2D eigenvalue weighted by molar-refractivity contribution is 5.98. The third kappa shape index (κ3) is 2.77. The van der Waals surface area contributed by atoms with Crippen molar-refractivity contribution in [1.29, 1.82) is 0 Å². The number of rotatable bonds is 3. The van der Waals surface area contributed by atoms with Crippen LogP contribution in [0.4, 0.5) is 13.2 Å². The SMILES string of the molecule is O=C1NC2CC(c3c(OC(F)F)cccc31)c1c2nn2ccc(-c3cncc(F)c3)cc12. The Hall–Kier alpha value is -3.88. The molecule has 6 rings (SSSR count). The first-order valence-corrected chi connectivity index (χ1v) is 10.0. The van der Waals surface area contributed by atoms with Crippen LogP contribution >= 0.6 is 0 Å². The Morgan fingerprint density at radius 1 is 1.12 bits per heavy atom. The van der Waals surface area contributed by atoms with Crippen molar-refractivity contribution in [1.82, 2.24) is 19.9 Å². The van der Waals surface area contributed by atoms with Gasteiger partial charge in [-0.1, -0.05) is 6.07 Å². The molecule has 0 radical (unpaired) electrons. The molecule has 32 heavy (non-hydrogen) atoms. The first kappa shape index (κ1) is 18.9. The normalized spacial score (nSPS) is 18.9. The van der Waals surface area contributed by atoms with Gasteiger partial charge in [0.25, 0.3) is 5.91 Å². The van der Waals surface area contributed by atoms with E-state index < -0.39 is 12.4 Å². The quantitative estimate of drug-likeness (QED) is 0.515. The lowest BCUT2D eigenvalue weighted by atomic mass is 9.88. The van der Waals surface area contributed by atoms with Crippen LogP contribution in [-0.4, -0.2) is 27.1 Å².